The van der Waals surface area contributed by atoms with Crippen LogP contribution in [0.1, 0.15) is 25.2 Å². The van der Waals surface area contributed by atoms with Crippen LogP contribution in [0.4, 0.5) is 4.39 Å². The van der Waals surface area contributed by atoms with Crippen molar-refractivity contribution in [1.29, 1.82) is 0 Å². The van der Waals surface area contributed by atoms with Crippen molar-refractivity contribution in [3.8, 4) is 5.69 Å². The average molecular weight is 290 g/mol. The van der Waals surface area contributed by atoms with E-state index in [4.69, 9.17) is 5.73 Å². The summed E-state index contributed by atoms with van der Waals surface area (Å²) in [6.45, 7) is 5.28. The van der Waals surface area contributed by atoms with E-state index in [-0.39, 0.29) is 18.3 Å². The fraction of sp³-hybridized carbons (Fsp3) is 0.333. The third-order valence-corrected chi connectivity index (χ3v) is 3.14. The minimum absolute atomic E-state index is 0.236. The smallest absolute Gasteiger partial charge is 0.239 e. The van der Waals surface area contributed by atoms with Gasteiger partial charge in [0.05, 0.1) is 11.2 Å². The van der Waals surface area contributed by atoms with Crippen LogP contribution < -0.4 is 11.1 Å². The Bertz CT molecular complexity index is 658. The number of aryl methyl sites for hydroxylation is 1. The zero-order valence-electron chi connectivity index (χ0n) is 12.4. The van der Waals surface area contributed by atoms with Gasteiger partial charge in [0.15, 0.2) is 0 Å². The molecule has 0 spiro atoms. The normalized spacial score (nSPS) is 11.5. The number of hydrogen-bond acceptors (Lipinski definition) is 3. The lowest BCUT2D eigenvalue weighted by Gasteiger charge is -2.18. The standard InChI is InChI=1S/C15H19FN4O/c1-10-18-6-7-20(10)13-5-4-11(8-12(13)16)9-19-14(21)15(2,3)17/h4-8H,9,17H2,1-3H3,(H,19,21). The summed E-state index contributed by atoms with van der Waals surface area (Å²) < 4.78 is 15.8. The Morgan fingerprint density at radius 1 is 1.48 bits per heavy atom. The Labute approximate surface area is 123 Å². The predicted molar refractivity (Wildman–Crippen MR) is 78.4 cm³/mol. The van der Waals surface area contributed by atoms with Crippen LogP contribution in [0.2, 0.25) is 0 Å². The molecule has 0 unspecified atom stereocenters. The SMILES string of the molecule is Cc1nccn1-c1ccc(CNC(=O)C(C)(C)N)cc1F. The number of nitrogens with zero attached hydrogens (tertiary/aromatic N) is 2. The van der Waals surface area contributed by atoms with E-state index in [2.05, 4.69) is 10.3 Å². The molecule has 2 aromatic rings. The number of nitrogens with two attached hydrogens (primary N) is 1. The molecule has 1 heterocycles. The molecule has 1 aromatic carbocycles. The molecular weight excluding hydrogens is 271 g/mol. The van der Waals surface area contributed by atoms with Crippen molar-refractivity contribution in [3.63, 3.8) is 0 Å². The van der Waals surface area contributed by atoms with Gasteiger partial charge in [0.25, 0.3) is 0 Å². The first kappa shape index (κ1) is 15.2. The minimum atomic E-state index is -0.952. The summed E-state index contributed by atoms with van der Waals surface area (Å²) in [5.41, 5.74) is 5.83. The fourth-order valence-electron chi connectivity index (χ4n) is 1.90. The topological polar surface area (TPSA) is 72.9 Å². The Morgan fingerprint density at radius 2 is 2.19 bits per heavy atom. The van der Waals surface area contributed by atoms with Crippen LogP contribution in [0.3, 0.4) is 0 Å². The summed E-state index contributed by atoms with van der Waals surface area (Å²) in [5, 5.41) is 2.68. The number of aromatic nitrogens is 2. The molecule has 21 heavy (non-hydrogen) atoms. The van der Waals surface area contributed by atoms with Crippen LogP contribution in [-0.2, 0) is 11.3 Å². The highest BCUT2D eigenvalue weighted by atomic mass is 19.1. The molecule has 1 amide bonds. The lowest BCUT2D eigenvalue weighted by molar-refractivity contribution is -0.125. The van der Waals surface area contributed by atoms with Gasteiger partial charge in [-0.05, 0) is 38.5 Å². The number of rotatable bonds is 4. The van der Waals surface area contributed by atoms with Crippen molar-refractivity contribution in [3.05, 3.63) is 47.8 Å². The highest BCUT2D eigenvalue weighted by Crippen LogP contribution is 2.16. The van der Waals surface area contributed by atoms with Crippen molar-refractivity contribution in [2.45, 2.75) is 32.9 Å². The molecule has 0 bridgehead atoms. The number of carbonyl (C=O) groups excluding carboxylic acids is 1. The first-order valence-electron chi connectivity index (χ1n) is 6.65. The van der Waals surface area contributed by atoms with E-state index < -0.39 is 5.54 Å². The summed E-state index contributed by atoms with van der Waals surface area (Å²) in [7, 11) is 0. The summed E-state index contributed by atoms with van der Waals surface area (Å²) in [5.74, 6) is 0.0622. The van der Waals surface area contributed by atoms with E-state index in [0.29, 0.717) is 17.1 Å². The van der Waals surface area contributed by atoms with Crippen LogP contribution in [-0.4, -0.2) is 21.0 Å². The average Bonchev–Trinajstić information content (AvgIpc) is 2.81. The second-order valence-corrected chi connectivity index (χ2v) is 5.53. The maximum atomic E-state index is 14.2. The molecule has 6 heteroatoms. The highest BCUT2D eigenvalue weighted by Gasteiger charge is 2.21. The van der Waals surface area contributed by atoms with Gasteiger partial charge in [-0.15, -0.1) is 0 Å². The van der Waals surface area contributed by atoms with Gasteiger partial charge in [-0.1, -0.05) is 6.07 Å². The second-order valence-electron chi connectivity index (χ2n) is 5.53. The number of nitrogens with one attached hydrogen (secondary N) is 1. The van der Waals surface area contributed by atoms with E-state index >= 15 is 0 Å². The molecule has 0 saturated carbocycles. The first-order chi connectivity index (χ1) is 9.79. The van der Waals surface area contributed by atoms with Crippen LogP contribution in [0.25, 0.3) is 5.69 Å². The monoisotopic (exact) mass is 290 g/mol. The number of carbonyl (C=O) groups is 1. The van der Waals surface area contributed by atoms with Gasteiger partial charge in [-0.25, -0.2) is 9.37 Å². The summed E-state index contributed by atoms with van der Waals surface area (Å²) in [4.78, 5) is 15.7. The summed E-state index contributed by atoms with van der Waals surface area (Å²) >= 11 is 0. The van der Waals surface area contributed by atoms with Crippen LogP contribution >= 0.6 is 0 Å². The van der Waals surface area contributed by atoms with Crippen LogP contribution in [0, 0.1) is 12.7 Å². The minimum Gasteiger partial charge on any atom is -0.350 e. The van der Waals surface area contributed by atoms with E-state index in [0.717, 1.165) is 0 Å². The quantitative estimate of drug-likeness (QED) is 0.899. The molecule has 0 aliphatic carbocycles. The third-order valence-electron chi connectivity index (χ3n) is 3.14. The summed E-state index contributed by atoms with van der Waals surface area (Å²) in [6.07, 6.45) is 3.32. The lowest BCUT2D eigenvalue weighted by atomic mass is 10.1. The lowest BCUT2D eigenvalue weighted by Crippen LogP contribution is -2.48. The van der Waals surface area contributed by atoms with Gasteiger partial charge in [0.2, 0.25) is 5.91 Å². The molecule has 5 nitrogen and oxygen atoms in total. The number of benzene rings is 1. The van der Waals surface area contributed by atoms with Crippen LogP contribution in [0.15, 0.2) is 30.6 Å². The predicted octanol–water partition coefficient (Wildman–Crippen LogP) is 1.67. The van der Waals surface area contributed by atoms with Gasteiger partial charge >= 0.3 is 0 Å². The van der Waals surface area contributed by atoms with Gasteiger partial charge in [-0.3, -0.25) is 4.79 Å². The van der Waals surface area contributed by atoms with E-state index in [9.17, 15) is 9.18 Å². The van der Waals surface area contributed by atoms with Crippen molar-refractivity contribution in [2.75, 3.05) is 0 Å². The maximum absolute atomic E-state index is 14.2. The maximum Gasteiger partial charge on any atom is 0.239 e. The zero-order valence-corrected chi connectivity index (χ0v) is 12.4. The molecule has 0 saturated heterocycles. The molecule has 0 aliphatic heterocycles. The Morgan fingerprint density at radius 3 is 2.71 bits per heavy atom. The molecule has 2 rings (SSSR count). The Hall–Kier alpha value is -2.21. The molecule has 0 radical (unpaired) electrons. The third kappa shape index (κ3) is 3.46. The number of imidazole rings is 1. The highest BCUT2D eigenvalue weighted by molar-refractivity contribution is 5.84. The van der Waals surface area contributed by atoms with E-state index in [1.807, 2.05) is 0 Å². The van der Waals surface area contributed by atoms with E-state index in [1.165, 1.54) is 6.07 Å². The molecular formula is C15H19FN4O. The second kappa shape index (κ2) is 5.65. The molecule has 1 aromatic heterocycles. The van der Waals surface area contributed by atoms with Crippen LogP contribution in [0.5, 0.6) is 0 Å². The molecule has 0 fully saturated rings. The zero-order chi connectivity index (χ0) is 15.6. The molecule has 112 valence electrons. The van der Waals surface area contributed by atoms with Gasteiger partial charge in [0, 0.05) is 18.9 Å². The van der Waals surface area contributed by atoms with Crippen molar-refractivity contribution >= 4 is 5.91 Å². The first-order valence-corrected chi connectivity index (χ1v) is 6.65. The van der Waals surface area contributed by atoms with Crippen molar-refractivity contribution < 1.29 is 9.18 Å². The van der Waals surface area contributed by atoms with Gasteiger partial charge < -0.3 is 15.6 Å². The van der Waals surface area contributed by atoms with Gasteiger partial charge in [-0.2, -0.15) is 0 Å². The number of hydrogen-bond donors (Lipinski definition) is 2. The number of amides is 1. The summed E-state index contributed by atoms with van der Waals surface area (Å²) in [6, 6.07) is 4.83. The Kier molecular flexibility index (Phi) is 4.09. The molecule has 0 atom stereocenters. The van der Waals surface area contributed by atoms with E-state index in [1.54, 1.807) is 49.9 Å². The van der Waals surface area contributed by atoms with Crippen molar-refractivity contribution in [1.82, 2.24) is 14.9 Å². The fourth-order valence-corrected chi connectivity index (χ4v) is 1.90. The molecule has 3 N–H and O–H groups in total. The van der Waals surface area contributed by atoms with Gasteiger partial charge in [0.1, 0.15) is 11.6 Å². The molecule has 0 aliphatic rings. The number of halogens is 1. The Balaban J connectivity index is 2.13. The van der Waals surface area contributed by atoms with Crippen molar-refractivity contribution in [2.24, 2.45) is 5.73 Å². The largest absolute Gasteiger partial charge is 0.350 e.